The van der Waals surface area contributed by atoms with Crippen LogP contribution in [0.4, 0.5) is 5.82 Å². The standard InChI is InChI=1S/C44H71N3O18P2/c1-4-5-14-21-33(48)22-16-11-7-8-12-17-23-35(49)36(50)24-19-26-40(52)63-34(29-60-39(51)25-18-13-9-6-10-15-20-32(2)3)30-61-66(56,57)65-67(58,59)62-31-37-41(53)42(54)43(64-37)47-28-27-38(45)46-44(47)55/h5,7-8,11-12,14,16-17,22-23,27-28,32-37,41-43,48-50,53-54H,4,6,9-10,13,15,18-21,24-26,29-31H2,1-3H3,(H,56,57)(H,58,59)(H2,45,46,55)/b11-7+,12-8-,14-5-,22-16+,23-17-/t33-,34+,35+,36+,37+,41+,42+,43+/m0/s1. The van der Waals surface area contributed by atoms with E-state index in [2.05, 4.69) is 23.1 Å². The second-order valence-corrected chi connectivity index (χ2v) is 19.3. The highest BCUT2D eigenvalue weighted by Crippen LogP contribution is 2.60. The number of allylic oxidation sites excluding steroid dienone is 7. The third-order valence-electron chi connectivity index (χ3n) is 9.89. The molecule has 380 valence electrons. The second-order valence-electron chi connectivity index (χ2n) is 16.2. The summed E-state index contributed by atoms with van der Waals surface area (Å²) in [4.78, 5) is 61.6. The molecule has 1 aliphatic rings. The molecule has 23 heteroatoms. The van der Waals surface area contributed by atoms with Gasteiger partial charge in [0.25, 0.3) is 0 Å². The number of aliphatic hydroxyl groups excluding tert-OH is 5. The Hall–Kier alpha value is -3.66. The lowest BCUT2D eigenvalue weighted by atomic mass is 10.0. The molecule has 0 radical (unpaired) electrons. The Labute approximate surface area is 391 Å². The fourth-order valence-electron chi connectivity index (χ4n) is 6.25. The molecule has 1 aliphatic heterocycles. The van der Waals surface area contributed by atoms with Crippen molar-refractivity contribution in [2.75, 3.05) is 25.6 Å². The normalized spacial score (nSPS) is 21.7. The second kappa shape index (κ2) is 32.2. The van der Waals surface area contributed by atoms with Crippen LogP contribution in [0.3, 0.4) is 0 Å². The van der Waals surface area contributed by atoms with Crippen LogP contribution in [0.5, 0.6) is 0 Å². The first kappa shape index (κ1) is 59.5. The number of rotatable bonds is 34. The van der Waals surface area contributed by atoms with Gasteiger partial charge in [-0.2, -0.15) is 9.29 Å². The van der Waals surface area contributed by atoms with Crippen LogP contribution >= 0.6 is 15.6 Å². The number of carbonyl (C=O) groups excluding carboxylic acids is 2. The Morgan fingerprint density at radius 2 is 1.46 bits per heavy atom. The van der Waals surface area contributed by atoms with Gasteiger partial charge < -0.3 is 55.3 Å². The fraction of sp³-hybridized carbons (Fsp3) is 0.636. The number of esters is 2. The largest absolute Gasteiger partial charge is 0.481 e. The van der Waals surface area contributed by atoms with Crippen molar-refractivity contribution >= 4 is 33.4 Å². The summed E-state index contributed by atoms with van der Waals surface area (Å²) in [6, 6.07) is 1.22. The fourth-order valence-corrected chi connectivity index (χ4v) is 8.36. The van der Waals surface area contributed by atoms with E-state index < -0.39 is 102 Å². The Morgan fingerprint density at radius 3 is 2.13 bits per heavy atom. The number of aliphatic hydroxyl groups is 5. The van der Waals surface area contributed by atoms with E-state index in [-0.39, 0.29) is 31.5 Å². The molecule has 2 unspecified atom stereocenters. The number of phosphoric ester groups is 2. The van der Waals surface area contributed by atoms with Crippen LogP contribution in [0.1, 0.15) is 110 Å². The number of aromatic nitrogens is 2. The molecule has 1 fully saturated rings. The highest BCUT2D eigenvalue weighted by molar-refractivity contribution is 7.61. The number of phosphoric acid groups is 2. The van der Waals surface area contributed by atoms with Crippen molar-refractivity contribution in [3.05, 3.63) is 83.5 Å². The van der Waals surface area contributed by atoms with E-state index in [9.17, 15) is 58.8 Å². The summed E-state index contributed by atoms with van der Waals surface area (Å²) in [6.45, 7) is 3.75. The van der Waals surface area contributed by atoms with Crippen molar-refractivity contribution in [1.29, 1.82) is 0 Å². The number of ether oxygens (including phenoxy) is 3. The molecule has 10 atom stereocenters. The smallest absolute Gasteiger partial charge is 0.462 e. The summed E-state index contributed by atoms with van der Waals surface area (Å²) < 4.78 is 56.2. The van der Waals surface area contributed by atoms with E-state index in [1.54, 1.807) is 36.5 Å². The van der Waals surface area contributed by atoms with Crippen LogP contribution in [-0.4, -0.2) is 119 Å². The first-order valence-electron chi connectivity index (χ1n) is 22.5. The zero-order valence-electron chi connectivity index (χ0n) is 38.4. The van der Waals surface area contributed by atoms with Crippen molar-refractivity contribution < 1.29 is 81.6 Å². The van der Waals surface area contributed by atoms with Crippen LogP contribution in [0, 0.1) is 5.92 Å². The van der Waals surface area contributed by atoms with E-state index in [1.807, 2.05) is 19.1 Å². The summed E-state index contributed by atoms with van der Waals surface area (Å²) in [5.74, 6) is -1.02. The number of nitrogens with two attached hydrogens (primary N) is 1. The quantitative estimate of drug-likeness (QED) is 0.0152. The average Bonchev–Trinajstić information content (AvgIpc) is 3.53. The lowest BCUT2D eigenvalue weighted by Gasteiger charge is -2.21. The minimum Gasteiger partial charge on any atom is -0.462 e. The highest BCUT2D eigenvalue weighted by Gasteiger charge is 2.46. The summed E-state index contributed by atoms with van der Waals surface area (Å²) in [5.41, 5.74) is 4.54. The number of hydrogen-bond donors (Lipinski definition) is 8. The lowest BCUT2D eigenvalue weighted by Crippen LogP contribution is -2.36. The van der Waals surface area contributed by atoms with Gasteiger partial charge in [-0.1, -0.05) is 120 Å². The molecule has 67 heavy (non-hydrogen) atoms. The zero-order valence-corrected chi connectivity index (χ0v) is 40.2. The molecule has 9 N–H and O–H groups in total. The van der Waals surface area contributed by atoms with Gasteiger partial charge in [-0.3, -0.25) is 23.2 Å². The number of unbranched alkanes of at least 4 members (excludes halogenated alkanes) is 5. The van der Waals surface area contributed by atoms with Gasteiger partial charge in [0.1, 0.15) is 30.7 Å². The van der Waals surface area contributed by atoms with Gasteiger partial charge in [-0.25, -0.2) is 13.9 Å². The lowest BCUT2D eigenvalue weighted by molar-refractivity contribution is -0.161. The van der Waals surface area contributed by atoms with Crippen LogP contribution in [0.25, 0.3) is 0 Å². The summed E-state index contributed by atoms with van der Waals surface area (Å²) >= 11 is 0. The van der Waals surface area contributed by atoms with Crippen molar-refractivity contribution in [3.63, 3.8) is 0 Å². The monoisotopic (exact) mass is 991 g/mol. The highest BCUT2D eigenvalue weighted by atomic mass is 31.3. The van der Waals surface area contributed by atoms with Gasteiger partial charge in [-0.05, 0) is 44.1 Å². The van der Waals surface area contributed by atoms with E-state index in [0.717, 1.165) is 55.7 Å². The Bertz CT molecular complexity index is 1920. The first-order valence-corrected chi connectivity index (χ1v) is 25.5. The van der Waals surface area contributed by atoms with Crippen molar-refractivity contribution in [1.82, 2.24) is 9.55 Å². The van der Waals surface area contributed by atoms with Gasteiger partial charge in [0.05, 0.1) is 31.5 Å². The molecular formula is C44H71N3O18P2. The maximum Gasteiger partial charge on any atom is 0.481 e. The topological polar surface area (TPSA) is 326 Å². The number of anilines is 1. The molecule has 2 rings (SSSR count). The molecule has 0 spiro atoms. The number of nitrogen functional groups attached to an aromatic ring is 1. The molecule has 0 amide bonds. The van der Waals surface area contributed by atoms with E-state index in [4.69, 9.17) is 29.0 Å². The molecule has 0 aliphatic carbocycles. The predicted molar refractivity (Wildman–Crippen MR) is 247 cm³/mol. The summed E-state index contributed by atoms with van der Waals surface area (Å²) in [7, 11) is -11.0. The van der Waals surface area contributed by atoms with Gasteiger partial charge in [0.15, 0.2) is 12.3 Å². The summed E-state index contributed by atoms with van der Waals surface area (Å²) in [5, 5.41) is 51.4. The number of carbonyl (C=O) groups is 2. The maximum absolute atomic E-state index is 12.8. The van der Waals surface area contributed by atoms with Crippen molar-refractivity contribution in [2.24, 2.45) is 5.92 Å². The number of nitrogens with zero attached hydrogens (tertiary/aromatic N) is 2. The Kier molecular flexibility index (Phi) is 28.6. The van der Waals surface area contributed by atoms with Gasteiger partial charge in [0.2, 0.25) is 0 Å². The molecule has 2 heterocycles. The van der Waals surface area contributed by atoms with Gasteiger partial charge in [0, 0.05) is 19.0 Å². The third kappa shape index (κ3) is 26.1. The zero-order chi connectivity index (χ0) is 49.8. The molecule has 1 aromatic rings. The van der Waals surface area contributed by atoms with Crippen LogP contribution in [0.15, 0.2) is 77.8 Å². The Morgan fingerprint density at radius 1 is 0.836 bits per heavy atom. The average molecular weight is 992 g/mol. The van der Waals surface area contributed by atoms with Crippen LogP contribution < -0.4 is 11.4 Å². The molecular weight excluding hydrogens is 920 g/mol. The van der Waals surface area contributed by atoms with E-state index in [0.29, 0.717) is 18.8 Å². The SMILES string of the molecule is CC/C=C\C[C@H](O)/C=C/C=C/C=C\C=C/[C@@H](O)[C@H](O)CCCC(=O)O[C@H](COC(=O)CCCCCCCCC(C)C)COP(=O)(O)OP(=O)(O)OC[C@H]1O[C@@H](n2ccc(N)nc2=O)[C@H](O)[C@@H]1O. The molecule has 0 saturated carbocycles. The van der Waals surface area contributed by atoms with Crippen LogP contribution in [-0.2, 0) is 46.3 Å². The van der Waals surface area contributed by atoms with E-state index in [1.165, 1.54) is 18.2 Å². The molecule has 21 nitrogen and oxygen atoms in total. The Balaban J connectivity index is 1.93. The minimum atomic E-state index is -5.51. The van der Waals surface area contributed by atoms with Gasteiger partial charge in [-0.15, -0.1) is 0 Å². The molecule has 0 bridgehead atoms. The van der Waals surface area contributed by atoms with Crippen LogP contribution in [0.2, 0.25) is 0 Å². The molecule has 1 saturated heterocycles. The summed E-state index contributed by atoms with van der Waals surface area (Å²) in [6.07, 6.45) is 14.6. The maximum atomic E-state index is 12.8. The third-order valence-corrected chi connectivity index (χ3v) is 12.5. The van der Waals surface area contributed by atoms with E-state index >= 15 is 0 Å². The van der Waals surface area contributed by atoms with Gasteiger partial charge >= 0.3 is 33.3 Å². The first-order chi connectivity index (χ1) is 31.7. The predicted octanol–water partition coefficient (Wildman–Crippen LogP) is 4.76. The van der Waals surface area contributed by atoms with Crippen molar-refractivity contribution in [3.8, 4) is 0 Å². The molecule has 1 aromatic heterocycles. The van der Waals surface area contributed by atoms with Crippen molar-refractivity contribution in [2.45, 2.75) is 153 Å². The minimum absolute atomic E-state index is 0.0260. The molecule has 0 aromatic carbocycles. The number of hydrogen-bond acceptors (Lipinski definition) is 18.